The fourth-order valence-corrected chi connectivity index (χ4v) is 3.47. The molecule has 0 aromatic carbocycles. The Balaban J connectivity index is 2.37. The molecular weight excluding hydrogens is 218 g/mol. The number of hydrogen-bond acceptors (Lipinski definition) is 1. The Hall–Kier alpha value is -0.0400. The molecule has 1 heterocycles. The number of hydrogen-bond donors (Lipinski definition) is 0. The summed E-state index contributed by atoms with van der Waals surface area (Å²) in [5, 5.41) is 0. The Bertz CT molecular complexity index is 216. The number of nitrogens with zero attached hydrogens (tertiary/aromatic N) is 1. The lowest BCUT2D eigenvalue weighted by Gasteiger charge is -2.32. The van der Waals surface area contributed by atoms with Crippen molar-refractivity contribution in [3.63, 3.8) is 0 Å². The van der Waals surface area contributed by atoms with Crippen molar-refractivity contribution in [2.24, 2.45) is 11.3 Å². The topological polar surface area (TPSA) is 3.01 Å². The van der Waals surface area contributed by atoms with Gasteiger partial charge in [0, 0.05) is 12.6 Å². The SMILES string of the molecule is CCCCC(C)(CCCC)CC(C)CC1CN1C. The van der Waals surface area contributed by atoms with Gasteiger partial charge in [-0.2, -0.15) is 0 Å². The van der Waals surface area contributed by atoms with Crippen LogP contribution in [-0.4, -0.2) is 24.5 Å². The van der Waals surface area contributed by atoms with Crippen LogP contribution in [0.25, 0.3) is 0 Å². The summed E-state index contributed by atoms with van der Waals surface area (Å²) >= 11 is 0. The molecule has 0 aromatic rings. The fourth-order valence-electron chi connectivity index (χ4n) is 3.47. The molecule has 1 aliphatic heterocycles. The maximum atomic E-state index is 2.55. The predicted molar refractivity (Wildman–Crippen MR) is 82.0 cm³/mol. The Labute approximate surface area is 115 Å². The average molecular weight is 253 g/mol. The highest BCUT2D eigenvalue weighted by Crippen LogP contribution is 2.39. The largest absolute Gasteiger partial charge is 0.301 e. The van der Waals surface area contributed by atoms with Gasteiger partial charge in [-0.25, -0.2) is 0 Å². The van der Waals surface area contributed by atoms with E-state index in [4.69, 9.17) is 0 Å². The Morgan fingerprint density at radius 3 is 2.06 bits per heavy atom. The van der Waals surface area contributed by atoms with E-state index < -0.39 is 0 Å². The molecule has 1 nitrogen and oxygen atoms in total. The maximum Gasteiger partial charge on any atom is 0.0223 e. The number of unbranched alkanes of at least 4 members (excludes halogenated alkanes) is 2. The van der Waals surface area contributed by atoms with E-state index >= 15 is 0 Å². The highest BCUT2D eigenvalue weighted by Gasteiger charge is 2.33. The van der Waals surface area contributed by atoms with Gasteiger partial charge in [-0.3, -0.25) is 0 Å². The second kappa shape index (κ2) is 7.53. The molecule has 1 aliphatic rings. The van der Waals surface area contributed by atoms with Gasteiger partial charge in [-0.15, -0.1) is 0 Å². The smallest absolute Gasteiger partial charge is 0.0223 e. The summed E-state index contributed by atoms with van der Waals surface area (Å²) in [6.45, 7) is 11.0. The average Bonchev–Trinajstić information content (AvgIpc) is 2.99. The third-order valence-corrected chi connectivity index (χ3v) is 4.77. The molecule has 1 fully saturated rings. The van der Waals surface area contributed by atoms with Crippen molar-refractivity contribution in [1.82, 2.24) is 4.90 Å². The quantitative estimate of drug-likeness (QED) is 0.489. The third kappa shape index (κ3) is 5.73. The summed E-state index contributed by atoms with van der Waals surface area (Å²) in [6.07, 6.45) is 11.3. The Kier molecular flexibility index (Phi) is 6.70. The Morgan fingerprint density at radius 2 is 1.67 bits per heavy atom. The summed E-state index contributed by atoms with van der Waals surface area (Å²) in [4.78, 5) is 2.48. The van der Waals surface area contributed by atoms with Crippen LogP contribution < -0.4 is 0 Å². The molecule has 3 atom stereocenters. The molecule has 0 bridgehead atoms. The lowest BCUT2D eigenvalue weighted by atomic mass is 9.73. The van der Waals surface area contributed by atoms with E-state index in [0.29, 0.717) is 5.41 Å². The number of likely N-dealkylation sites (N-methyl/N-ethyl adjacent to an activating group) is 1. The lowest BCUT2D eigenvalue weighted by Crippen LogP contribution is -2.21. The van der Waals surface area contributed by atoms with Gasteiger partial charge in [-0.05, 0) is 44.1 Å². The van der Waals surface area contributed by atoms with E-state index in [1.807, 2.05) is 0 Å². The minimum atomic E-state index is 0.610. The molecule has 0 radical (unpaired) electrons. The van der Waals surface area contributed by atoms with Crippen molar-refractivity contribution in [3.05, 3.63) is 0 Å². The van der Waals surface area contributed by atoms with Crippen molar-refractivity contribution in [2.45, 2.75) is 85.1 Å². The van der Waals surface area contributed by atoms with Crippen molar-refractivity contribution >= 4 is 0 Å². The molecule has 1 rings (SSSR count). The van der Waals surface area contributed by atoms with Crippen LogP contribution in [0.4, 0.5) is 0 Å². The van der Waals surface area contributed by atoms with E-state index in [1.54, 1.807) is 0 Å². The van der Waals surface area contributed by atoms with Gasteiger partial charge in [0.05, 0.1) is 0 Å². The van der Waals surface area contributed by atoms with Gasteiger partial charge in [0.1, 0.15) is 0 Å². The molecule has 0 spiro atoms. The fraction of sp³-hybridized carbons (Fsp3) is 1.00. The summed E-state index contributed by atoms with van der Waals surface area (Å²) in [5.41, 5.74) is 0.610. The van der Waals surface area contributed by atoms with Gasteiger partial charge >= 0.3 is 0 Å². The second-order valence-corrected chi connectivity index (χ2v) is 7.16. The number of rotatable bonds is 10. The zero-order valence-electron chi connectivity index (χ0n) is 13.5. The van der Waals surface area contributed by atoms with Crippen molar-refractivity contribution in [3.8, 4) is 0 Å². The zero-order chi connectivity index (χ0) is 13.6. The molecule has 0 aliphatic carbocycles. The van der Waals surface area contributed by atoms with Crippen molar-refractivity contribution < 1.29 is 0 Å². The van der Waals surface area contributed by atoms with E-state index in [9.17, 15) is 0 Å². The van der Waals surface area contributed by atoms with Gasteiger partial charge in [0.25, 0.3) is 0 Å². The van der Waals surface area contributed by atoms with Crippen LogP contribution in [0.15, 0.2) is 0 Å². The summed E-state index contributed by atoms with van der Waals surface area (Å²) < 4.78 is 0. The first-order valence-corrected chi connectivity index (χ1v) is 8.21. The minimum Gasteiger partial charge on any atom is -0.301 e. The van der Waals surface area contributed by atoms with Crippen LogP contribution in [0.1, 0.15) is 79.1 Å². The third-order valence-electron chi connectivity index (χ3n) is 4.77. The van der Waals surface area contributed by atoms with Crippen LogP contribution in [0, 0.1) is 11.3 Å². The Morgan fingerprint density at radius 1 is 1.17 bits per heavy atom. The van der Waals surface area contributed by atoms with Crippen LogP contribution in [0.5, 0.6) is 0 Å². The standard InChI is InChI=1S/C17H35N/c1-6-8-10-17(4,11-9-7-2)13-15(3)12-16-14-18(16)5/h15-16H,6-14H2,1-5H3. The van der Waals surface area contributed by atoms with Crippen LogP contribution >= 0.6 is 0 Å². The molecule has 3 unspecified atom stereocenters. The molecule has 0 amide bonds. The van der Waals surface area contributed by atoms with E-state index in [-0.39, 0.29) is 0 Å². The first-order valence-electron chi connectivity index (χ1n) is 8.21. The molecular formula is C17H35N. The molecule has 1 saturated heterocycles. The highest BCUT2D eigenvalue weighted by molar-refractivity contribution is 4.88. The van der Waals surface area contributed by atoms with E-state index in [0.717, 1.165) is 12.0 Å². The highest BCUT2D eigenvalue weighted by atomic mass is 15.3. The van der Waals surface area contributed by atoms with Crippen LogP contribution in [-0.2, 0) is 0 Å². The van der Waals surface area contributed by atoms with E-state index in [1.165, 1.54) is 57.9 Å². The van der Waals surface area contributed by atoms with Crippen molar-refractivity contribution in [1.29, 1.82) is 0 Å². The van der Waals surface area contributed by atoms with Gasteiger partial charge in [-0.1, -0.05) is 53.4 Å². The van der Waals surface area contributed by atoms with Crippen molar-refractivity contribution in [2.75, 3.05) is 13.6 Å². The lowest BCUT2D eigenvalue weighted by molar-refractivity contribution is 0.192. The first-order chi connectivity index (χ1) is 8.50. The second-order valence-electron chi connectivity index (χ2n) is 7.16. The van der Waals surface area contributed by atoms with Crippen LogP contribution in [0.2, 0.25) is 0 Å². The molecule has 18 heavy (non-hydrogen) atoms. The molecule has 1 heteroatoms. The molecule has 0 aromatic heterocycles. The zero-order valence-corrected chi connectivity index (χ0v) is 13.5. The van der Waals surface area contributed by atoms with Gasteiger partial charge < -0.3 is 4.90 Å². The van der Waals surface area contributed by atoms with Gasteiger partial charge in [0.15, 0.2) is 0 Å². The first kappa shape index (κ1) is 16.0. The molecule has 0 N–H and O–H groups in total. The van der Waals surface area contributed by atoms with Gasteiger partial charge in [0.2, 0.25) is 0 Å². The summed E-state index contributed by atoms with van der Waals surface area (Å²) in [7, 11) is 2.25. The minimum absolute atomic E-state index is 0.610. The molecule has 0 saturated carbocycles. The predicted octanol–water partition coefficient (Wildman–Crippen LogP) is 5.10. The summed E-state index contributed by atoms with van der Waals surface area (Å²) in [6, 6.07) is 0.904. The summed E-state index contributed by atoms with van der Waals surface area (Å²) in [5.74, 6) is 0.902. The normalized spacial score (nSPS) is 25.2. The van der Waals surface area contributed by atoms with Crippen LogP contribution in [0.3, 0.4) is 0 Å². The monoisotopic (exact) mass is 253 g/mol. The maximum absolute atomic E-state index is 2.55. The van der Waals surface area contributed by atoms with E-state index in [2.05, 4.69) is 39.6 Å². The molecule has 108 valence electrons.